The Bertz CT molecular complexity index is 999. The average molecular weight is 528 g/mol. The van der Waals surface area contributed by atoms with Crippen LogP contribution >= 0.6 is 11.6 Å². The predicted octanol–water partition coefficient (Wildman–Crippen LogP) is 6.85. The van der Waals surface area contributed by atoms with Gasteiger partial charge in [0, 0.05) is 23.6 Å². The van der Waals surface area contributed by atoms with Gasteiger partial charge in [0.1, 0.15) is 5.75 Å². The Morgan fingerprint density at radius 3 is 2.41 bits per heavy atom. The molecule has 2 aliphatic rings. The number of hydrogen-bond acceptors (Lipinski definition) is 5. The molecule has 0 aromatic heterocycles. The molecule has 1 saturated heterocycles. The molecule has 0 amide bonds. The number of rotatable bonds is 10. The first-order chi connectivity index (χ1) is 17.8. The van der Waals surface area contributed by atoms with Crippen molar-refractivity contribution in [2.45, 2.75) is 89.4 Å². The molecule has 6 heteroatoms. The first-order valence-corrected chi connectivity index (χ1v) is 14.2. The Labute approximate surface area is 227 Å². The van der Waals surface area contributed by atoms with Crippen LogP contribution in [0.5, 0.6) is 5.75 Å². The number of carbonyl (C=O) groups excluding carboxylic acids is 1. The van der Waals surface area contributed by atoms with E-state index in [-0.39, 0.29) is 29.0 Å². The van der Waals surface area contributed by atoms with Gasteiger partial charge in [-0.3, -0.25) is 4.79 Å². The van der Waals surface area contributed by atoms with E-state index < -0.39 is 0 Å². The van der Waals surface area contributed by atoms with Crippen LogP contribution in [0.25, 0.3) is 0 Å². The lowest BCUT2D eigenvalue weighted by Crippen LogP contribution is -2.45. The molecule has 1 heterocycles. The smallest absolute Gasteiger partial charge is 0.308 e. The number of halogens is 1. The topological polar surface area (TPSA) is 56.8 Å². The molecule has 2 aromatic rings. The summed E-state index contributed by atoms with van der Waals surface area (Å²) in [4.78, 5) is 11.9. The highest BCUT2D eigenvalue weighted by molar-refractivity contribution is 6.30. The van der Waals surface area contributed by atoms with Gasteiger partial charge in [-0.2, -0.15) is 0 Å². The fourth-order valence-electron chi connectivity index (χ4n) is 6.00. The van der Waals surface area contributed by atoms with Gasteiger partial charge in [0.25, 0.3) is 0 Å². The maximum atomic E-state index is 11.9. The highest BCUT2D eigenvalue weighted by Gasteiger charge is 2.41. The maximum absolute atomic E-state index is 11.9. The van der Waals surface area contributed by atoms with E-state index in [0.717, 1.165) is 75.4 Å². The van der Waals surface area contributed by atoms with Crippen molar-refractivity contribution in [2.24, 2.45) is 5.92 Å². The molecule has 1 saturated carbocycles. The monoisotopic (exact) mass is 527 g/mol. The molecule has 1 unspecified atom stereocenters. The molecule has 1 aliphatic heterocycles. The molecule has 202 valence electrons. The Balaban J connectivity index is 1.25. The minimum atomic E-state index is -0.133. The van der Waals surface area contributed by atoms with Crippen molar-refractivity contribution in [3.63, 3.8) is 0 Å². The number of hydrogen-bond donors (Lipinski definition) is 1. The largest absolute Gasteiger partial charge is 0.490 e. The minimum Gasteiger partial charge on any atom is -0.490 e. The van der Waals surface area contributed by atoms with Gasteiger partial charge in [0.2, 0.25) is 0 Å². The molecule has 0 bridgehead atoms. The summed E-state index contributed by atoms with van der Waals surface area (Å²) in [6.45, 7) is 9.23. The van der Waals surface area contributed by atoms with Crippen molar-refractivity contribution in [1.82, 2.24) is 5.32 Å². The van der Waals surface area contributed by atoms with Gasteiger partial charge in [-0.25, -0.2) is 0 Å². The molecule has 5 nitrogen and oxygen atoms in total. The van der Waals surface area contributed by atoms with Gasteiger partial charge in [-0.15, -0.1) is 0 Å². The minimum absolute atomic E-state index is 0.0271. The Morgan fingerprint density at radius 1 is 1.05 bits per heavy atom. The van der Waals surface area contributed by atoms with E-state index in [1.165, 1.54) is 11.1 Å². The van der Waals surface area contributed by atoms with Crippen LogP contribution in [0.15, 0.2) is 48.5 Å². The fourth-order valence-corrected chi connectivity index (χ4v) is 6.13. The van der Waals surface area contributed by atoms with Gasteiger partial charge >= 0.3 is 5.97 Å². The SMILES string of the molecule is CCOC(=O)[C@H]1CC[C@H](Oc2ccc(CNCCC3(c4ccc(Cl)cc4)CCOC(C)(C)C3)cc2)CC1. The summed E-state index contributed by atoms with van der Waals surface area (Å²) in [6, 6.07) is 16.8. The van der Waals surface area contributed by atoms with Crippen LogP contribution in [0.4, 0.5) is 0 Å². The molecular weight excluding hydrogens is 486 g/mol. The van der Waals surface area contributed by atoms with Crippen molar-refractivity contribution in [1.29, 1.82) is 0 Å². The van der Waals surface area contributed by atoms with E-state index in [1.807, 2.05) is 19.1 Å². The second kappa shape index (κ2) is 12.6. The van der Waals surface area contributed by atoms with Crippen LogP contribution in [0, 0.1) is 5.92 Å². The van der Waals surface area contributed by atoms with E-state index in [4.69, 9.17) is 25.8 Å². The van der Waals surface area contributed by atoms with Crippen molar-refractivity contribution < 1.29 is 19.0 Å². The van der Waals surface area contributed by atoms with Crippen LogP contribution in [0.3, 0.4) is 0 Å². The number of esters is 1. The van der Waals surface area contributed by atoms with Crippen molar-refractivity contribution in [3.8, 4) is 5.75 Å². The zero-order chi connectivity index (χ0) is 26.3. The molecule has 1 N–H and O–H groups in total. The normalized spacial score (nSPS) is 25.4. The third-order valence-corrected chi connectivity index (χ3v) is 8.18. The van der Waals surface area contributed by atoms with Crippen molar-refractivity contribution in [2.75, 3.05) is 19.8 Å². The van der Waals surface area contributed by atoms with Crippen LogP contribution in [-0.2, 0) is 26.2 Å². The summed E-state index contributed by atoms with van der Waals surface area (Å²) in [5.74, 6) is 0.867. The molecule has 2 fully saturated rings. The third kappa shape index (κ3) is 7.72. The molecule has 0 spiro atoms. The number of benzene rings is 2. The first kappa shape index (κ1) is 27.9. The van der Waals surface area contributed by atoms with Crippen molar-refractivity contribution >= 4 is 17.6 Å². The summed E-state index contributed by atoms with van der Waals surface area (Å²) in [7, 11) is 0. The van der Waals surface area contributed by atoms with Crippen LogP contribution in [0.1, 0.15) is 76.8 Å². The Hall–Kier alpha value is -2.08. The predicted molar refractivity (Wildman–Crippen MR) is 148 cm³/mol. The molecule has 1 aliphatic carbocycles. The molecule has 4 rings (SSSR count). The number of carbonyl (C=O) groups is 1. The fraction of sp³-hybridized carbons (Fsp3) is 0.581. The summed E-state index contributed by atoms with van der Waals surface area (Å²) in [5, 5.41) is 4.44. The molecule has 2 aromatic carbocycles. The Kier molecular flexibility index (Phi) is 9.55. The summed E-state index contributed by atoms with van der Waals surface area (Å²) < 4.78 is 17.4. The van der Waals surface area contributed by atoms with Gasteiger partial charge in [0.15, 0.2) is 0 Å². The van der Waals surface area contributed by atoms with Gasteiger partial charge in [-0.05, 0) is 108 Å². The third-order valence-electron chi connectivity index (χ3n) is 7.92. The standard InChI is InChI=1S/C31H42ClNO4/c1-4-35-29(34)24-7-15-28(16-8-24)37-27-13-5-23(6-14-27)21-33-19-17-31(18-20-36-30(2,3)22-31)25-9-11-26(32)12-10-25/h5-6,9-14,24,28,33H,4,7-8,15-22H2,1-3H3/t24-,28-,31?. The van der Waals surface area contributed by atoms with E-state index in [1.54, 1.807) is 0 Å². The molecule has 0 radical (unpaired) electrons. The zero-order valence-corrected chi connectivity index (χ0v) is 23.3. The van der Waals surface area contributed by atoms with Gasteiger partial charge in [-0.1, -0.05) is 35.9 Å². The van der Waals surface area contributed by atoms with E-state index >= 15 is 0 Å². The lowest BCUT2D eigenvalue weighted by atomic mass is 9.67. The van der Waals surface area contributed by atoms with Gasteiger partial charge < -0.3 is 19.5 Å². The molecule has 37 heavy (non-hydrogen) atoms. The van der Waals surface area contributed by atoms with Gasteiger partial charge in [0.05, 0.1) is 24.2 Å². The first-order valence-electron chi connectivity index (χ1n) is 13.8. The molecular formula is C31H42ClNO4. The lowest BCUT2D eigenvalue weighted by Gasteiger charge is -2.45. The summed E-state index contributed by atoms with van der Waals surface area (Å²) in [5.41, 5.74) is 2.55. The summed E-state index contributed by atoms with van der Waals surface area (Å²) >= 11 is 6.18. The van der Waals surface area contributed by atoms with Crippen LogP contribution in [-0.4, -0.2) is 37.4 Å². The number of nitrogens with one attached hydrogen (secondary N) is 1. The van der Waals surface area contributed by atoms with Crippen LogP contribution < -0.4 is 10.1 Å². The second-order valence-corrected chi connectivity index (χ2v) is 11.7. The van der Waals surface area contributed by atoms with Crippen molar-refractivity contribution in [3.05, 3.63) is 64.7 Å². The van der Waals surface area contributed by atoms with E-state index in [9.17, 15) is 4.79 Å². The van der Waals surface area contributed by atoms with Crippen LogP contribution in [0.2, 0.25) is 5.02 Å². The Morgan fingerprint density at radius 2 is 1.76 bits per heavy atom. The zero-order valence-electron chi connectivity index (χ0n) is 22.6. The highest BCUT2D eigenvalue weighted by Crippen LogP contribution is 2.44. The highest BCUT2D eigenvalue weighted by atomic mass is 35.5. The number of ether oxygens (including phenoxy) is 3. The van der Waals surface area contributed by atoms with E-state index in [2.05, 4.69) is 55.6 Å². The lowest BCUT2D eigenvalue weighted by molar-refractivity contribution is -0.149. The quantitative estimate of drug-likeness (QED) is 0.270. The summed E-state index contributed by atoms with van der Waals surface area (Å²) in [6.07, 6.45) is 6.70. The average Bonchev–Trinajstić information content (AvgIpc) is 2.88. The maximum Gasteiger partial charge on any atom is 0.308 e. The molecule has 1 atom stereocenters. The second-order valence-electron chi connectivity index (χ2n) is 11.2. The van der Waals surface area contributed by atoms with E-state index in [0.29, 0.717) is 6.61 Å².